The van der Waals surface area contributed by atoms with Gasteiger partial charge in [-0.05, 0) is 48.9 Å². The fourth-order valence-electron chi connectivity index (χ4n) is 2.50. The Morgan fingerprint density at radius 2 is 2.03 bits per heavy atom. The van der Waals surface area contributed by atoms with E-state index < -0.39 is 10.8 Å². The summed E-state index contributed by atoms with van der Waals surface area (Å²) in [7, 11) is 0. The molecular weight excluding hydrogens is 433 g/mol. The largest absolute Gasteiger partial charge is 0.483 e. The first-order chi connectivity index (χ1) is 14.3. The lowest BCUT2D eigenvalue weighted by Gasteiger charge is -2.08. The molecule has 0 aliphatic heterocycles. The molecule has 1 heterocycles. The molecule has 0 saturated heterocycles. The molecule has 154 valence electrons. The first-order valence-corrected chi connectivity index (χ1v) is 9.34. The van der Waals surface area contributed by atoms with E-state index in [2.05, 4.69) is 10.5 Å². The molecule has 0 aliphatic carbocycles. The van der Waals surface area contributed by atoms with Gasteiger partial charge in [-0.15, -0.1) is 0 Å². The molecule has 0 saturated carbocycles. The van der Waals surface area contributed by atoms with Crippen LogP contribution in [0.1, 0.15) is 11.3 Å². The number of carbonyl (C=O) groups excluding carboxylic acids is 1. The number of nitrogens with zero attached hydrogens (tertiary/aromatic N) is 2. The first kappa shape index (κ1) is 21.4. The number of amides is 1. The number of halogens is 2. The van der Waals surface area contributed by atoms with Crippen molar-refractivity contribution in [2.75, 3.05) is 6.61 Å². The number of ether oxygens (including phenoxy) is 1. The Morgan fingerprint density at radius 1 is 1.23 bits per heavy atom. The van der Waals surface area contributed by atoms with Crippen molar-refractivity contribution in [3.63, 3.8) is 0 Å². The monoisotopic (exact) mass is 447 g/mol. The molecule has 0 bridgehead atoms. The summed E-state index contributed by atoms with van der Waals surface area (Å²) in [5.41, 5.74) is 3.53. The van der Waals surface area contributed by atoms with Crippen LogP contribution in [0.5, 0.6) is 5.75 Å². The van der Waals surface area contributed by atoms with Crippen LogP contribution in [0, 0.1) is 17.0 Å². The summed E-state index contributed by atoms with van der Waals surface area (Å²) in [6, 6.07) is 12.4. The number of nitro groups is 1. The van der Waals surface area contributed by atoms with Crippen LogP contribution in [0.2, 0.25) is 10.0 Å². The van der Waals surface area contributed by atoms with Crippen LogP contribution in [-0.2, 0) is 4.79 Å². The van der Waals surface area contributed by atoms with Crippen LogP contribution in [-0.4, -0.2) is 23.7 Å². The Balaban J connectivity index is 1.56. The zero-order valence-electron chi connectivity index (χ0n) is 15.6. The summed E-state index contributed by atoms with van der Waals surface area (Å²) < 4.78 is 11.0. The van der Waals surface area contributed by atoms with Crippen molar-refractivity contribution in [1.82, 2.24) is 5.43 Å². The van der Waals surface area contributed by atoms with E-state index in [4.69, 9.17) is 32.4 Å². The molecule has 3 rings (SSSR count). The van der Waals surface area contributed by atoms with Gasteiger partial charge in [0, 0.05) is 22.7 Å². The van der Waals surface area contributed by atoms with E-state index in [1.54, 1.807) is 30.3 Å². The highest BCUT2D eigenvalue weighted by Gasteiger charge is 2.13. The van der Waals surface area contributed by atoms with Gasteiger partial charge < -0.3 is 9.15 Å². The average Bonchev–Trinajstić information content (AvgIpc) is 3.15. The minimum Gasteiger partial charge on any atom is -0.483 e. The fourth-order valence-corrected chi connectivity index (χ4v) is 3.00. The van der Waals surface area contributed by atoms with Crippen molar-refractivity contribution < 1.29 is 18.9 Å². The molecule has 1 N–H and O–H groups in total. The quantitative estimate of drug-likeness (QED) is 0.311. The lowest BCUT2D eigenvalue weighted by atomic mass is 10.1. The molecule has 8 nitrogen and oxygen atoms in total. The van der Waals surface area contributed by atoms with Gasteiger partial charge in [-0.2, -0.15) is 5.10 Å². The Hall–Kier alpha value is -3.36. The van der Waals surface area contributed by atoms with Crippen molar-refractivity contribution in [2.24, 2.45) is 5.10 Å². The molecule has 3 aromatic rings. The van der Waals surface area contributed by atoms with Gasteiger partial charge in [-0.3, -0.25) is 14.9 Å². The molecule has 1 amide bonds. The van der Waals surface area contributed by atoms with Crippen molar-refractivity contribution in [3.8, 4) is 17.1 Å². The van der Waals surface area contributed by atoms with Crippen LogP contribution >= 0.6 is 23.2 Å². The summed E-state index contributed by atoms with van der Waals surface area (Å²) in [4.78, 5) is 22.1. The van der Waals surface area contributed by atoms with Gasteiger partial charge in [0.05, 0.1) is 16.2 Å². The van der Waals surface area contributed by atoms with E-state index in [-0.39, 0.29) is 17.3 Å². The summed E-state index contributed by atoms with van der Waals surface area (Å²) in [5, 5.41) is 15.4. The SMILES string of the molecule is Cc1cc(Cl)ccc1OCC(=O)NN=Cc1ccc(-c2ccc([N+](=O)[O-])cc2Cl)o1. The van der Waals surface area contributed by atoms with Gasteiger partial charge in [-0.1, -0.05) is 23.2 Å². The highest BCUT2D eigenvalue weighted by molar-refractivity contribution is 6.33. The number of benzene rings is 2. The molecule has 0 aliphatic rings. The van der Waals surface area contributed by atoms with E-state index in [1.807, 2.05) is 6.92 Å². The topological polar surface area (TPSA) is 107 Å². The third-order valence-electron chi connectivity index (χ3n) is 3.93. The summed E-state index contributed by atoms with van der Waals surface area (Å²) in [5.74, 6) is 0.860. The zero-order valence-corrected chi connectivity index (χ0v) is 17.1. The van der Waals surface area contributed by atoms with E-state index in [0.717, 1.165) is 5.56 Å². The summed E-state index contributed by atoms with van der Waals surface area (Å²) in [6.45, 7) is 1.60. The number of furan rings is 1. The molecule has 30 heavy (non-hydrogen) atoms. The second-order valence-corrected chi connectivity index (χ2v) is 6.96. The van der Waals surface area contributed by atoms with Crippen LogP contribution in [0.3, 0.4) is 0 Å². The van der Waals surface area contributed by atoms with Crippen molar-refractivity contribution in [1.29, 1.82) is 0 Å². The fraction of sp³-hybridized carbons (Fsp3) is 0.100. The molecule has 2 aromatic carbocycles. The molecule has 1 aromatic heterocycles. The summed E-state index contributed by atoms with van der Waals surface area (Å²) in [6.07, 6.45) is 1.31. The van der Waals surface area contributed by atoms with Crippen LogP contribution in [0.15, 0.2) is 58.0 Å². The highest BCUT2D eigenvalue weighted by atomic mass is 35.5. The maximum atomic E-state index is 11.9. The van der Waals surface area contributed by atoms with Crippen LogP contribution in [0.25, 0.3) is 11.3 Å². The number of nitro benzene ring substituents is 1. The first-order valence-electron chi connectivity index (χ1n) is 8.58. The Kier molecular flexibility index (Phi) is 6.71. The maximum absolute atomic E-state index is 11.9. The number of aryl methyl sites for hydroxylation is 1. The van der Waals surface area contributed by atoms with Gasteiger partial charge in [0.15, 0.2) is 6.61 Å². The lowest BCUT2D eigenvalue weighted by Crippen LogP contribution is -2.24. The molecule has 0 unspecified atom stereocenters. The number of carbonyl (C=O) groups is 1. The van der Waals surface area contributed by atoms with Crippen molar-refractivity contribution >= 4 is 41.0 Å². The molecule has 0 spiro atoms. The normalized spacial score (nSPS) is 10.9. The van der Waals surface area contributed by atoms with Gasteiger partial charge >= 0.3 is 0 Å². The van der Waals surface area contributed by atoms with Crippen molar-refractivity contribution in [3.05, 3.63) is 80.0 Å². The Bertz CT molecular complexity index is 1130. The second kappa shape index (κ2) is 9.43. The Labute approximate surface area is 181 Å². The average molecular weight is 448 g/mol. The third kappa shape index (κ3) is 5.37. The molecular formula is C20H15Cl2N3O5. The van der Waals surface area contributed by atoms with Gasteiger partial charge in [-0.25, -0.2) is 5.43 Å². The summed E-state index contributed by atoms with van der Waals surface area (Å²) >= 11 is 12.0. The molecule has 0 fully saturated rings. The third-order valence-corrected chi connectivity index (χ3v) is 4.48. The van der Waals surface area contributed by atoms with E-state index in [0.29, 0.717) is 27.9 Å². The van der Waals surface area contributed by atoms with E-state index >= 15 is 0 Å². The molecule has 0 radical (unpaired) electrons. The smallest absolute Gasteiger partial charge is 0.277 e. The number of non-ortho nitro benzene ring substituents is 1. The van der Waals surface area contributed by atoms with Crippen LogP contribution < -0.4 is 10.2 Å². The lowest BCUT2D eigenvalue weighted by molar-refractivity contribution is -0.384. The molecule has 10 heteroatoms. The van der Waals surface area contributed by atoms with E-state index in [1.165, 1.54) is 24.4 Å². The predicted octanol–water partition coefficient (Wildman–Crippen LogP) is 5.00. The minimum atomic E-state index is -0.531. The minimum absolute atomic E-state index is 0.115. The van der Waals surface area contributed by atoms with Gasteiger partial charge in [0.25, 0.3) is 11.6 Å². The molecule has 0 atom stereocenters. The number of hydrogen-bond acceptors (Lipinski definition) is 6. The van der Waals surface area contributed by atoms with Crippen molar-refractivity contribution in [2.45, 2.75) is 6.92 Å². The van der Waals surface area contributed by atoms with Gasteiger partial charge in [0.1, 0.15) is 17.3 Å². The van der Waals surface area contributed by atoms with Gasteiger partial charge in [0.2, 0.25) is 0 Å². The number of hydrogen-bond donors (Lipinski definition) is 1. The maximum Gasteiger partial charge on any atom is 0.277 e. The standard InChI is InChI=1S/C20H15Cl2N3O5/c1-12-8-13(21)2-6-18(12)29-11-20(26)24-23-10-15-4-7-19(30-15)16-5-3-14(25(27)28)9-17(16)22/h2-10H,11H2,1H3,(H,24,26). The predicted molar refractivity (Wildman–Crippen MR) is 113 cm³/mol. The van der Waals surface area contributed by atoms with E-state index in [9.17, 15) is 14.9 Å². The number of hydrazone groups is 1. The Morgan fingerprint density at radius 3 is 2.73 bits per heavy atom. The number of rotatable bonds is 7. The highest BCUT2D eigenvalue weighted by Crippen LogP contribution is 2.32. The zero-order chi connectivity index (χ0) is 21.7. The van der Waals surface area contributed by atoms with Crippen LogP contribution in [0.4, 0.5) is 5.69 Å². The number of nitrogens with one attached hydrogen (secondary N) is 1. The second-order valence-electron chi connectivity index (χ2n) is 6.11.